The molecular weight excluding hydrogens is 399 g/mol. The van der Waals surface area contributed by atoms with E-state index in [-0.39, 0.29) is 22.9 Å². The van der Waals surface area contributed by atoms with Gasteiger partial charge < -0.3 is 14.8 Å². The maximum atomic E-state index is 12.5. The van der Waals surface area contributed by atoms with Crippen LogP contribution >= 0.6 is 0 Å². The maximum Gasteiger partial charge on any atom is 0.405 e. The largest absolute Gasteiger partial charge is 0.490 e. The molecular formula is C17H18F3N3O6. The first-order valence-electron chi connectivity index (χ1n) is 8.52. The Morgan fingerprint density at radius 2 is 1.66 bits per heavy atom. The van der Waals surface area contributed by atoms with Crippen LogP contribution in [-0.2, 0) is 14.4 Å². The summed E-state index contributed by atoms with van der Waals surface area (Å²) in [6.45, 7) is 1.40. The van der Waals surface area contributed by atoms with Gasteiger partial charge in [0.2, 0.25) is 5.91 Å². The zero-order valence-corrected chi connectivity index (χ0v) is 15.5. The van der Waals surface area contributed by atoms with Gasteiger partial charge in [-0.3, -0.25) is 14.4 Å². The first-order valence-corrected chi connectivity index (χ1v) is 8.52. The molecule has 0 bridgehead atoms. The minimum absolute atomic E-state index is 0.0153. The number of urea groups is 1. The number of carbonyl (C=O) groups is 4. The lowest BCUT2D eigenvalue weighted by atomic mass is 10.2. The second-order valence-electron chi connectivity index (χ2n) is 5.70. The van der Waals surface area contributed by atoms with E-state index < -0.39 is 43.0 Å². The summed E-state index contributed by atoms with van der Waals surface area (Å²) in [4.78, 5) is 49.2. The Morgan fingerprint density at radius 3 is 2.24 bits per heavy atom. The van der Waals surface area contributed by atoms with Crippen molar-refractivity contribution < 1.29 is 41.8 Å². The molecule has 0 saturated carbocycles. The monoisotopic (exact) mass is 417 g/mol. The van der Waals surface area contributed by atoms with Crippen LogP contribution in [0.25, 0.3) is 0 Å². The van der Waals surface area contributed by atoms with Crippen molar-refractivity contribution >= 4 is 29.4 Å². The third kappa shape index (κ3) is 5.15. The highest BCUT2D eigenvalue weighted by Crippen LogP contribution is 2.34. The van der Waals surface area contributed by atoms with Crippen LogP contribution in [0.2, 0.25) is 0 Å². The first kappa shape index (κ1) is 22.0. The summed E-state index contributed by atoms with van der Waals surface area (Å²) in [5.74, 6) is -3.23. The quantitative estimate of drug-likeness (QED) is 0.507. The van der Waals surface area contributed by atoms with Crippen LogP contribution in [0.15, 0.2) is 18.2 Å². The van der Waals surface area contributed by atoms with E-state index in [0.717, 1.165) is 0 Å². The van der Waals surface area contributed by atoms with Gasteiger partial charge >= 0.3 is 24.0 Å². The van der Waals surface area contributed by atoms with E-state index in [0.29, 0.717) is 17.3 Å². The molecule has 9 nitrogen and oxygen atoms in total. The number of hydrogen-bond acceptors (Lipinski definition) is 6. The molecule has 0 spiro atoms. The van der Waals surface area contributed by atoms with Gasteiger partial charge in [-0.1, -0.05) is 0 Å². The van der Waals surface area contributed by atoms with Crippen LogP contribution in [0.1, 0.15) is 13.8 Å². The third-order valence-electron chi connectivity index (χ3n) is 3.63. The molecule has 0 atom stereocenters. The summed E-state index contributed by atoms with van der Waals surface area (Å²) in [6, 6.07) is 2.93. The maximum absolute atomic E-state index is 12.5. The smallest absolute Gasteiger partial charge is 0.405 e. The lowest BCUT2D eigenvalue weighted by molar-refractivity contribution is -0.143. The van der Waals surface area contributed by atoms with Gasteiger partial charge in [-0.05, 0) is 26.0 Å². The van der Waals surface area contributed by atoms with E-state index in [1.807, 2.05) is 0 Å². The number of benzene rings is 1. The number of halogens is 3. The van der Waals surface area contributed by atoms with Crippen molar-refractivity contribution in [3.05, 3.63) is 18.2 Å². The van der Waals surface area contributed by atoms with Gasteiger partial charge in [0.05, 0.1) is 18.9 Å². The van der Waals surface area contributed by atoms with Crippen molar-refractivity contribution in [1.29, 1.82) is 0 Å². The van der Waals surface area contributed by atoms with Crippen molar-refractivity contribution in [2.45, 2.75) is 20.0 Å². The van der Waals surface area contributed by atoms with Crippen LogP contribution in [0.5, 0.6) is 11.5 Å². The number of alkyl halides is 3. The predicted molar refractivity (Wildman–Crippen MR) is 92.4 cm³/mol. The Hall–Kier alpha value is -3.31. The van der Waals surface area contributed by atoms with E-state index in [1.54, 1.807) is 13.8 Å². The standard InChI is InChI=1S/C17H18F3N3O6/c1-3-28-11-6-5-10(7-12(11)29-4-2)23-15(26)14(25)22(16(23)27)8-13(24)21-9-17(18,19)20/h5-7H,3-4,8-9H2,1-2H3,(H,21,24). The van der Waals surface area contributed by atoms with Gasteiger partial charge in [0.15, 0.2) is 11.5 Å². The molecule has 2 rings (SSSR count). The highest BCUT2D eigenvalue weighted by molar-refractivity contribution is 6.53. The molecule has 0 aliphatic carbocycles. The van der Waals surface area contributed by atoms with Crippen LogP contribution in [-0.4, -0.2) is 61.1 Å². The molecule has 1 aliphatic rings. The van der Waals surface area contributed by atoms with Crippen LogP contribution in [0, 0.1) is 0 Å². The highest BCUT2D eigenvalue weighted by Gasteiger charge is 2.46. The lowest BCUT2D eigenvalue weighted by Crippen LogP contribution is -2.43. The zero-order chi connectivity index (χ0) is 21.8. The van der Waals surface area contributed by atoms with Crippen molar-refractivity contribution in [3.63, 3.8) is 0 Å². The average Bonchev–Trinajstić information content (AvgIpc) is 2.85. The van der Waals surface area contributed by atoms with E-state index in [9.17, 15) is 32.3 Å². The molecule has 5 amide bonds. The fraction of sp³-hybridized carbons (Fsp3) is 0.412. The number of imide groups is 2. The number of nitrogens with zero attached hydrogens (tertiary/aromatic N) is 2. The summed E-state index contributed by atoms with van der Waals surface area (Å²) < 4.78 is 47.3. The van der Waals surface area contributed by atoms with Crippen molar-refractivity contribution in [2.24, 2.45) is 0 Å². The van der Waals surface area contributed by atoms with E-state index in [2.05, 4.69) is 0 Å². The molecule has 0 radical (unpaired) electrons. The Morgan fingerprint density at radius 1 is 1.03 bits per heavy atom. The Bertz CT molecular complexity index is 827. The number of hydrogen-bond donors (Lipinski definition) is 1. The number of amides is 5. The van der Waals surface area contributed by atoms with Crippen LogP contribution in [0.3, 0.4) is 0 Å². The summed E-state index contributed by atoms with van der Waals surface area (Å²) >= 11 is 0. The van der Waals surface area contributed by atoms with Gasteiger partial charge in [-0.15, -0.1) is 0 Å². The van der Waals surface area contributed by atoms with Gasteiger partial charge in [0.25, 0.3) is 0 Å². The number of anilines is 1. The molecule has 1 aromatic carbocycles. The van der Waals surface area contributed by atoms with E-state index in [4.69, 9.17) is 9.47 Å². The first-order chi connectivity index (χ1) is 13.6. The molecule has 1 saturated heterocycles. The number of nitrogens with one attached hydrogen (secondary N) is 1. The van der Waals surface area contributed by atoms with Crippen molar-refractivity contribution in [1.82, 2.24) is 10.2 Å². The van der Waals surface area contributed by atoms with Crippen molar-refractivity contribution in [3.8, 4) is 11.5 Å². The summed E-state index contributed by atoms with van der Waals surface area (Å²) in [7, 11) is 0. The van der Waals surface area contributed by atoms with E-state index in [1.165, 1.54) is 23.5 Å². The Labute approximate surface area is 163 Å². The fourth-order valence-corrected chi connectivity index (χ4v) is 2.45. The molecule has 1 aromatic rings. The lowest BCUT2D eigenvalue weighted by Gasteiger charge is -2.18. The Balaban J connectivity index is 2.21. The average molecular weight is 417 g/mol. The predicted octanol–water partition coefficient (Wildman–Crippen LogP) is 1.46. The second kappa shape index (κ2) is 8.80. The number of carbonyl (C=O) groups excluding carboxylic acids is 4. The number of rotatable bonds is 8. The summed E-state index contributed by atoms with van der Waals surface area (Å²) in [5, 5.41) is 1.53. The summed E-state index contributed by atoms with van der Waals surface area (Å²) in [6.07, 6.45) is -4.66. The summed E-state index contributed by atoms with van der Waals surface area (Å²) in [5.41, 5.74) is -0.0153. The highest BCUT2D eigenvalue weighted by atomic mass is 19.4. The molecule has 1 N–H and O–H groups in total. The molecule has 1 fully saturated rings. The van der Waals surface area contributed by atoms with Gasteiger partial charge in [0, 0.05) is 6.07 Å². The molecule has 12 heteroatoms. The SMILES string of the molecule is CCOc1ccc(N2C(=O)C(=O)N(CC(=O)NCC(F)(F)F)C2=O)cc1OCC. The molecule has 0 aromatic heterocycles. The molecule has 0 unspecified atom stereocenters. The minimum atomic E-state index is -4.66. The van der Waals surface area contributed by atoms with Crippen LogP contribution < -0.4 is 19.7 Å². The van der Waals surface area contributed by atoms with Gasteiger partial charge in [0.1, 0.15) is 13.1 Å². The third-order valence-corrected chi connectivity index (χ3v) is 3.63. The second-order valence-corrected chi connectivity index (χ2v) is 5.70. The van der Waals surface area contributed by atoms with Crippen molar-refractivity contribution in [2.75, 3.05) is 31.2 Å². The molecule has 1 heterocycles. The fourth-order valence-electron chi connectivity index (χ4n) is 2.45. The molecule has 158 valence electrons. The Kier molecular flexibility index (Phi) is 6.67. The van der Waals surface area contributed by atoms with E-state index >= 15 is 0 Å². The topological polar surface area (TPSA) is 105 Å². The number of ether oxygens (including phenoxy) is 2. The molecule has 1 aliphatic heterocycles. The van der Waals surface area contributed by atoms with Gasteiger partial charge in [-0.2, -0.15) is 13.2 Å². The van der Waals surface area contributed by atoms with Gasteiger partial charge in [-0.25, -0.2) is 14.6 Å². The zero-order valence-electron chi connectivity index (χ0n) is 15.5. The normalized spacial score (nSPS) is 14.4. The minimum Gasteiger partial charge on any atom is -0.490 e. The van der Waals surface area contributed by atoms with Crippen LogP contribution in [0.4, 0.5) is 23.7 Å². The molecule has 29 heavy (non-hydrogen) atoms.